The van der Waals surface area contributed by atoms with E-state index in [4.69, 9.17) is 12.2 Å². The fourth-order valence-electron chi connectivity index (χ4n) is 2.75. The van der Waals surface area contributed by atoms with Crippen molar-refractivity contribution in [3.63, 3.8) is 0 Å². The number of nitrogens with one attached hydrogen (secondary N) is 2. The Kier molecular flexibility index (Phi) is 5.91. The van der Waals surface area contributed by atoms with Gasteiger partial charge >= 0.3 is 0 Å². The van der Waals surface area contributed by atoms with Gasteiger partial charge in [0.15, 0.2) is 5.11 Å². The normalized spacial score (nSPS) is 10.9. The molecule has 2 N–H and O–H groups in total. The highest BCUT2D eigenvalue weighted by atomic mass is 79.9. The second kappa shape index (κ2) is 8.18. The van der Waals surface area contributed by atoms with Crippen LogP contribution in [-0.2, 0) is 20.1 Å². The highest BCUT2D eigenvalue weighted by Gasteiger charge is 2.14. The van der Waals surface area contributed by atoms with Crippen LogP contribution < -0.4 is 10.6 Å². The van der Waals surface area contributed by atoms with Gasteiger partial charge in [-0.05, 0) is 59.7 Å². The zero-order valence-corrected chi connectivity index (χ0v) is 17.7. The first kappa shape index (κ1) is 19.5. The van der Waals surface area contributed by atoms with Crippen molar-refractivity contribution in [3.8, 4) is 0 Å². The summed E-state index contributed by atoms with van der Waals surface area (Å²) >= 11 is 8.90. The van der Waals surface area contributed by atoms with Crippen LogP contribution in [0.1, 0.15) is 22.6 Å². The number of nitrogens with zero attached hydrogens (tertiary/aromatic N) is 4. The number of halogens is 2. The summed E-state index contributed by atoms with van der Waals surface area (Å²) in [5.74, 6) is -0.244. The predicted octanol–water partition coefficient (Wildman–Crippen LogP) is 3.67. The number of hydrogen-bond donors (Lipinski definition) is 2. The molecular formula is C18H20BrFN6S. The lowest BCUT2D eigenvalue weighted by atomic mass is 10.2. The summed E-state index contributed by atoms with van der Waals surface area (Å²) < 4.78 is 17.7. The van der Waals surface area contributed by atoms with Crippen LogP contribution in [0.25, 0.3) is 0 Å². The number of hydrogen-bond acceptors (Lipinski definition) is 3. The number of rotatable bonds is 5. The Morgan fingerprint density at radius 2 is 1.96 bits per heavy atom. The molecule has 142 valence electrons. The predicted molar refractivity (Wildman–Crippen MR) is 111 cm³/mol. The lowest BCUT2D eigenvalue weighted by Gasteiger charge is -2.12. The molecule has 1 aromatic carbocycles. The van der Waals surface area contributed by atoms with E-state index < -0.39 is 0 Å². The smallest absolute Gasteiger partial charge is 0.171 e. The van der Waals surface area contributed by atoms with Crippen molar-refractivity contribution < 1.29 is 4.39 Å². The van der Waals surface area contributed by atoms with E-state index in [0.717, 1.165) is 32.8 Å². The molecule has 9 heteroatoms. The number of aromatic nitrogens is 4. The largest absolute Gasteiger partial charge is 0.357 e. The van der Waals surface area contributed by atoms with E-state index in [9.17, 15) is 4.39 Å². The zero-order valence-electron chi connectivity index (χ0n) is 15.3. The van der Waals surface area contributed by atoms with Crippen LogP contribution in [0.15, 0.2) is 34.9 Å². The molecule has 3 aromatic rings. The summed E-state index contributed by atoms with van der Waals surface area (Å²) in [5.41, 5.74) is 4.66. The fraction of sp³-hybridized carbons (Fsp3) is 0.278. The van der Waals surface area contributed by atoms with Crippen LogP contribution >= 0.6 is 28.1 Å². The maximum absolute atomic E-state index is 13.1. The molecule has 0 spiro atoms. The summed E-state index contributed by atoms with van der Waals surface area (Å²) in [6, 6.07) is 6.43. The van der Waals surface area contributed by atoms with E-state index in [2.05, 4.69) is 36.8 Å². The van der Waals surface area contributed by atoms with E-state index >= 15 is 0 Å². The van der Waals surface area contributed by atoms with Gasteiger partial charge in [-0.15, -0.1) is 0 Å². The van der Waals surface area contributed by atoms with Crippen LogP contribution in [0.4, 0.5) is 10.1 Å². The monoisotopic (exact) mass is 450 g/mol. The van der Waals surface area contributed by atoms with E-state index in [-0.39, 0.29) is 5.82 Å². The van der Waals surface area contributed by atoms with Gasteiger partial charge in [-0.1, -0.05) is 12.1 Å². The Labute approximate surface area is 170 Å². The molecule has 2 heterocycles. The summed E-state index contributed by atoms with van der Waals surface area (Å²) in [6.45, 7) is 5.02. The first-order valence-corrected chi connectivity index (χ1v) is 9.55. The molecule has 0 aliphatic heterocycles. The minimum Gasteiger partial charge on any atom is -0.357 e. The minimum atomic E-state index is -0.244. The maximum Gasteiger partial charge on any atom is 0.171 e. The quantitative estimate of drug-likeness (QED) is 0.580. The molecule has 2 aromatic heterocycles. The first-order chi connectivity index (χ1) is 12.8. The lowest BCUT2D eigenvalue weighted by Crippen LogP contribution is -2.29. The van der Waals surface area contributed by atoms with E-state index in [1.807, 2.05) is 25.6 Å². The third-order valence-corrected chi connectivity index (χ3v) is 5.20. The van der Waals surface area contributed by atoms with Gasteiger partial charge in [0.2, 0.25) is 0 Å². The van der Waals surface area contributed by atoms with E-state index in [0.29, 0.717) is 18.2 Å². The van der Waals surface area contributed by atoms with Crippen molar-refractivity contribution >= 4 is 38.9 Å². The van der Waals surface area contributed by atoms with E-state index in [1.165, 1.54) is 12.1 Å². The maximum atomic E-state index is 13.1. The SMILES string of the molecule is Cc1nn(Cc2ccc(F)cc2)c(C)c1NC(=S)NCc1c(Br)cnn1C. The standard InChI is InChI=1S/C18H20BrFN6S/c1-11-17(23-18(27)21-9-16-15(19)8-22-25(16)3)12(2)26(24-11)10-13-4-6-14(20)7-5-13/h4-8H,9-10H2,1-3H3,(H2,21,23,27). The Bertz CT molecular complexity index is 944. The highest BCUT2D eigenvalue weighted by molar-refractivity contribution is 9.10. The van der Waals surface area contributed by atoms with Crippen LogP contribution in [-0.4, -0.2) is 24.7 Å². The molecule has 6 nitrogen and oxygen atoms in total. The average Bonchev–Trinajstić information content (AvgIpc) is 3.08. The minimum absolute atomic E-state index is 0.244. The number of thiocarbonyl (C=S) groups is 1. The molecule has 0 fully saturated rings. The summed E-state index contributed by atoms with van der Waals surface area (Å²) in [4.78, 5) is 0. The van der Waals surface area contributed by atoms with Crippen molar-refractivity contribution in [2.24, 2.45) is 7.05 Å². The number of aryl methyl sites for hydroxylation is 2. The molecule has 0 bridgehead atoms. The molecular weight excluding hydrogens is 431 g/mol. The van der Waals surface area contributed by atoms with Gasteiger partial charge in [0.05, 0.1) is 46.5 Å². The zero-order chi connectivity index (χ0) is 19.6. The van der Waals surface area contributed by atoms with E-state index in [1.54, 1.807) is 23.0 Å². The second-order valence-electron chi connectivity index (χ2n) is 6.20. The number of benzene rings is 1. The molecule has 0 radical (unpaired) electrons. The average molecular weight is 451 g/mol. The molecule has 0 unspecified atom stereocenters. The van der Waals surface area contributed by atoms with Crippen LogP contribution in [0.2, 0.25) is 0 Å². The fourth-order valence-corrected chi connectivity index (χ4v) is 3.41. The van der Waals surface area contributed by atoms with Crippen LogP contribution in [0.5, 0.6) is 0 Å². The Hall–Kier alpha value is -2.26. The molecule has 3 rings (SSSR count). The third kappa shape index (κ3) is 4.54. The second-order valence-corrected chi connectivity index (χ2v) is 7.46. The van der Waals surface area contributed by atoms with Crippen LogP contribution in [0, 0.1) is 19.7 Å². The lowest BCUT2D eigenvalue weighted by molar-refractivity contribution is 0.622. The molecule has 0 saturated carbocycles. The molecule has 0 saturated heterocycles. The Morgan fingerprint density at radius 1 is 1.26 bits per heavy atom. The van der Waals surface area contributed by atoms with Crippen molar-refractivity contribution in [2.45, 2.75) is 26.9 Å². The summed E-state index contributed by atoms with van der Waals surface area (Å²) in [6.07, 6.45) is 1.75. The van der Waals surface area contributed by atoms with Crippen LogP contribution in [0.3, 0.4) is 0 Å². The third-order valence-electron chi connectivity index (χ3n) is 4.29. The number of anilines is 1. The Balaban J connectivity index is 1.67. The molecule has 0 atom stereocenters. The molecule has 27 heavy (non-hydrogen) atoms. The molecule has 0 amide bonds. The van der Waals surface area contributed by atoms with Gasteiger partial charge in [0.1, 0.15) is 5.82 Å². The van der Waals surface area contributed by atoms with Gasteiger partial charge in [-0.2, -0.15) is 10.2 Å². The van der Waals surface area contributed by atoms with Crippen molar-refractivity contribution in [1.82, 2.24) is 24.9 Å². The molecule has 0 aliphatic rings. The molecule has 0 aliphatic carbocycles. The van der Waals surface area contributed by atoms with Gasteiger partial charge in [0.25, 0.3) is 0 Å². The van der Waals surface area contributed by atoms with Crippen molar-refractivity contribution in [3.05, 3.63) is 63.4 Å². The van der Waals surface area contributed by atoms with Crippen molar-refractivity contribution in [2.75, 3.05) is 5.32 Å². The Morgan fingerprint density at radius 3 is 2.59 bits per heavy atom. The van der Waals surface area contributed by atoms with Gasteiger partial charge in [-0.3, -0.25) is 9.36 Å². The topological polar surface area (TPSA) is 59.7 Å². The summed E-state index contributed by atoms with van der Waals surface area (Å²) in [7, 11) is 1.88. The van der Waals surface area contributed by atoms with Gasteiger partial charge < -0.3 is 10.6 Å². The first-order valence-electron chi connectivity index (χ1n) is 8.35. The van der Waals surface area contributed by atoms with Gasteiger partial charge in [-0.25, -0.2) is 4.39 Å². The van der Waals surface area contributed by atoms with Crippen molar-refractivity contribution in [1.29, 1.82) is 0 Å². The summed E-state index contributed by atoms with van der Waals surface area (Å²) in [5, 5.41) is 15.7. The highest BCUT2D eigenvalue weighted by Crippen LogP contribution is 2.21. The van der Waals surface area contributed by atoms with Gasteiger partial charge in [0, 0.05) is 7.05 Å².